The lowest BCUT2D eigenvalue weighted by Gasteiger charge is -2.21. The lowest BCUT2D eigenvalue weighted by molar-refractivity contribution is 0.311. The van der Waals surface area contributed by atoms with Crippen molar-refractivity contribution < 1.29 is 0 Å². The monoisotopic (exact) mass is 433 g/mol. The van der Waals surface area contributed by atoms with Crippen LogP contribution in [0.15, 0.2) is 24.3 Å². The van der Waals surface area contributed by atoms with Gasteiger partial charge in [0.25, 0.3) is 0 Å². The van der Waals surface area contributed by atoms with E-state index in [1.54, 1.807) is 0 Å². The second kappa shape index (κ2) is 21.8. The summed E-state index contributed by atoms with van der Waals surface area (Å²) < 4.78 is 0. The van der Waals surface area contributed by atoms with E-state index in [0.29, 0.717) is 5.41 Å². The smallest absolute Gasteiger partial charge is 0.0407 e. The fraction of sp³-hybridized carbons (Fsp3) is 0.700. The van der Waals surface area contributed by atoms with Gasteiger partial charge in [0.2, 0.25) is 0 Å². The summed E-state index contributed by atoms with van der Waals surface area (Å²) in [5, 5.41) is 0. The average Bonchev–Trinajstić information content (AvgIpc) is 2.72. The second-order valence-corrected chi connectivity index (χ2v) is 9.05. The van der Waals surface area contributed by atoms with E-state index in [1.165, 1.54) is 48.8 Å². The number of hydrogen-bond acceptors (Lipinski definition) is 1. The average molecular weight is 434 g/mol. The summed E-state index contributed by atoms with van der Waals surface area (Å²) in [6.07, 6.45) is 6.68. The first kappa shape index (κ1) is 37.0. The first-order chi connectivity index (χ1) is 14.2. The topological polar surface area (TPSA) is 12.9 Å². The predicted molar refractivity (Wildman–Crippen MR) is 148 cm³/mol. The molecule has 1 heterocycles. The summed E-state index contributed by atoms with van der Waals surface area (Å²) in [5.74, 6) is 0. The molecule has 0 fully saturated rings. The van der Waals surface area contributed by atoms with Gasteiger partial charge in [0.1, 0.15) is 0 Å². The van der Waals surface area contributed by atoms with Gasteiger partial charge in [0.05, 0.1) is 0 Å². The molecular weight excluding hydrogens is 374 g/mol. The molecule has 0 saturated carbocycles. The summed E-state index contributed by atoms with van der Waals surface area (Å²) in [7, 11) is 0. The van der Waals surface area contributed by atoms with Crippen LogP contribution >= 0.6 is 0 Å². The Morgan fingerprint density at radius 3 is 1.29 bits per heavy atom. The van der Waals surface area contributed by atoms with Gasteiger partial charge in [-0.1, -0.05) is 105 Å². The number of nitrogens with zero attached hydrogens (tertiary/aromatic N) is 1. The van der Waals surface area contributed by atoms with Gasteiger partial charge >= 0.3 is 0 Å². The van der Waals surface area contributed by atoms with Crippen molar-refractivity contribution in [2.75, 3.05) is 0 Å². The molecule has 0 radical (unpaired) electrons. The van der Waals surface area contributed by atoms with Crippen molar-refractivity contribution in [2.24, 2.45) is 5.41 Å². The minimum atomic E-state index is 0.593. The zero-order valence-corrected chi connectivity index (χ0v) is 24.4. The van der Waals surface area contributed by atoms with Crippen LogP contribution in [-0.2, 0) is 0 Å². The third kappa shape index (κ3) is 21.6. The molecule has 0 bridgehead atoms. The number of aryl methyl sites for hydroxylation is 2. The molecule has 0 aliphatic carbocycles. The second-order valence-electron chi connectivity index (χ2n) is 9.05. The molecule has 184 valence electrons. The number of hydrogen-bond donors (Lipinski definition) is 0. The van der Waals surface area contributed by atoms with Gasteiger partial charge in [-0.15, -0.1) is 0 Å². The molecule has 1 heteroatoms. The van der Waals surface area contributed by atoms with Gasteiger partial charge < -0.3 is 0 Å². The normalized spacial score (nSPS) is 9.39. The standard InChI is InChI=1S/C10H15N.C9H20.C6H10.C3H8.C2H6/c1-6-7(2)9(4)11-10(5)8(6)3;1-5-7-8-9(3,4)6-2;1-5(2)6(3)4;1-3-2;1-2/h1-5H3;5-8H2,1-4H3;1,3H2,2,4H3;3H2,1-2H3;1-2H3. The van der Waals surface area contributed by atoms with Crippen LogP contribution in [0.5, 0.6) is 0 Å². The molecule has 1 rings (SSSR count). The number of aromatic nitrogens is 1. The zero-order chi connectivity index (χ0) is 25.8. The molecule has 0 aromatic carbocycles. The van der Waals surface area contributed by atoms with Crippen molar-refractivity contribution in [3.8, 4) is 0 Å². The maximum atomic E-state index is 4.43. The molecular formula is C30H59N. The Kier molecular flexibility index (Phi) is 26.1. The molecule has 0 saturated heterocycles. The molecule has 0 atom stereocenters. The molecule has 1 aromatic heterocycles. The Morgan fingerprint density at radius 2 is 1.06 bits per heavy atom. The SMILES string of the molecule is C=C(C)C(=C)C.CC.CCC.CCCCC(C)(C)CC.Cc1nc(C)c(C)c(C)c1C. The van der Waals surface area contributed by atoms with Crippen LogP contribution in [0.3, 0.4) is 0 Å². The van der Waals surface area contributed by atoms with Crippen molar-refractivity contribution in [3.05, 3.63) is 52.4 Å². The zero-order valence-electron chi connectivity index (χ0n) is 24.4. The Balaban J connectivity index is -0.000000165. The Morgan fingerprint density at radius 1 is 0.742 bits per heavy atom. The predicted octanol–water partition coefficient (Wildman–Crippen LogP) is 10.8. The molecule has 0 aliphatic rings. The van der Waals surface area contributed by atoms with E-state index in [1.807, 2.05) is 27.7 Å². The fourth-order valence-corrected chi connectivity index (χ4v) is 2.08. The van der Waals surface area contributed by atoms with Crippen LogP contribution in [0.4, 0.5) is 0 Å². The van der Waals surface area contributed by atoms with E-state index < -0.39 is 0 Å². The minimum Gasteiger partial charge on any atom is -0.258 e. The van der Waals surface area contributed by atoms with Crippen LogP contribution in [0.2, 0.25) is 0 Å². The Bertz CT molecular complexity index is 553. The van der Waals surface area contributed by atoms with Crippen LogP contribution in [0, 0.1) is 40.0 Å². The van der Waals surface area contributed by atoms with E-state index in [2.05, 4.69) is 94.3 Å². The highest BCUT2D eigenvalue weighted by atomic mass is 14.7. The van der Waals surface area contributed by atoms with E-state index in [-0.39, 0.29) is 0 Å². The lowest BCUT2D eigenvalue weighted by Crippen LogP contribution is -2.08. The largest absolute Gasteiger partial charge is 0.258 e. The van der Waals surface area contributed by atoms with Crippen molar-refractivity contribution in [3.63, 3.8) is 0 Å². The van der Waals surface area contributed by atoms with Gasteiger partial charge in [0.15, 0.2) is 0 Å². The Hall–Kier alpha value is -1.37. The van der Waals surface area contributed by atoms with E-state index in [4.69, 9.17) is 0 Å². The van der Waals surface area contributed by atoms with Crippen molar-refractivity contribution in [1.82, 2.24) is 4.98 Å². The highest BCUT2D eigenvalue weighted by Gasteiger charge is 2.12. The minimum absolute atomic E-state index is 0.593. The lowest BCUT2D eigenvalue weighted by atomic mass is 9.85. The quantitative estimate of drug-likeness (QED) is 0.421. The van der Waals surface area contributed by atoms with Crippen LogP contribution < -0.4 is 0 Å². The van der Waals surface area contributed by atoms with Crippen molar-refractivity contribution in [2.45, 2.75) is 136 Å². The number of pyridine rings is 1. The van der Waals surface area contributed by atoms with Crippen molar-refractivity contribution >= 4 is 0 Å². The molecule has 0 amide bonds. The van der Waals surface area contributed by atoms with Crippen molar-refractivity contribution in [1.29, 1.82) is 0 Å². The highest BCUT2D eigenvalue weighted by molar-refractivity contribution is 5.36. The van der Waals surface area contributed by atoms with E-state index in [0.717, 1.165) is 22.5 Å². The first-order valence-corrected chi connectivity index (χ1v) is 12.4. The summed E-state index contributed by atoms with van der Waals surface area (Å²) >= 11 is 0. The first-order valence-electron chi connectivity index (χ1n) is 12.4. The number of rotatable bonds is 5. The van der Waals surface area contributed by atoms with E-state index in [9.17, 15) is 0 Å². The summed E-state index contributed by atoms with van der Waals surface area (Å²) in [6, 6.07) is 0. The molecule has 1 aromatic rings. The van der Waals surface area contributed by atoms with Crippen LogP contribution in [0.1, 0.15) is 129 Å². The third-order valence-electron chi connectivity index (χ3n) is 5.44. The fourth-order valence-electron chi connectivity index (χ4n) is 2.08. The molecule has 31 heavy (non-hydrogen) atoms. The molecule has 1 nitrogen and oxygen atoms in total. The molecule has 0 unspecified atom stereocenters. The summed E-state index contributed by atoms with van der Waals surface area (Å²) in [5.41, 5.74) is 9.08. The van der Waals surface area contributed by atoms with Gasteiger partial charge in [-0.3, -0.25) is 4.98 Å². The van der Waals surface area contributed by atoms with Gasteiger partial charge in [-0.25, -0.2) is 0 Å². The maximum Gasteiger partial charge on any atom is 0.0407 e. The van der Waals surface area contributed by atoms with Gasteiger partial charge in [-0.05, 0) is 77.0 Å². The third-order valence-corrected chi connectivity index (χ3v) is 5.44. The van der Waals surface area contributed by atoms with E-state index >= 15 is 0 Å². The summed E-state index contributed by atoms with van der Waals surface area (Å²) in [4.78, 5) is 4.43. The molecule has 0 N–H and O–H groups in total. The number of unbranched alkanes of at least 4 members (excludes halogenated alkanes) is 1. The molecule has 0 spiro atoms. The highest BCUT2D eigenvalue weighted by Crippen LogP contribution is 2.26. The number of allylic oxidation sites excluding steroid dienone is 2. The van der Waals surface area contributed by atoms with Gasteiger partial charge in [0, 0.05) is 11.4 Å². The van der Waals surface area contributed by atoms with Gasteiger partial charge in [-0.2, -0.15) is 0 Å². The Labute approximate surface area is 198 Å². The van der Waals surface area contributed by atoms with Crippen LogP contribution in [0.25, 0.3) is 0 Å². The summed E-state index contributed by atoms with van der Waals surface area (Å²) in [6.45, 7) is 39.2. The maximum absolute atomic E-state index is 4.43. The molecule has 0 aliphatic heterocycles. The van der Waals surface area contributed by atoms with Crippen LogP contribution in [-0.4, -0.2) is 4.98 Å².